The van der Waals surface area contributed by atoms with Crippen molar-refractivity contribution >= 4 is 35.6 Å². The Hall–Kier alpha value is -1.69. The van der Waals surface area contributed by atoms with E-state index in [4.69, 9.17) is 23.2 Å². The first kappa shape index (κ1) is 15.7. The molecule has 8 heteroatoms. The van der Waals surface area contributed by atoms with Gasteiger partial charge in [0.15, 0.2) is 5.82 Å². The predicted octanol–water partition coefficient (Wildman–Crippen LogP) is 3.51. The van der Waals surface area contributed by atoms with Crippen molar-refractivity contribution in [3.8, 4) is 11.4 Å². The van der Waals surface area contributed by atoms with Gasteiger partial charge in [-0.2, -0.15) is 0 Å². The van der Waals surface area contributed by atoms with E-state index in [1.54, 1.807) is 23.1 Å². The zero-order valence-electron chi connectivity index (χ0n) is 10.6. The minimum atomic E-state index is 0. The van der Waals surface area contributed by atoms with Gasteiger partial charge in [0.1, 0.15) is 0 Å². The van der Waals surface area contributed by atoms with Crippen LogP contribution >= 0.6 is 35.6 Å². The van der Waals surface area contributed by atoms with Gasteiger partial charge in [-0.1, -0.05) is 35.3 Å². The van der Waals surface area contributed by atoms with Gasteiger partial charge in [-0.25, -0.2) is 4.68 Å². The largest absolute Gasteiger partial charge is 0.264 e. The molecule has 0 aliphatic rings. The van der Waals surface area contributed by atoms with Crippen LogP contribution in [0, 0.1) is 0 Å². The standard InChI is InChI=1S/C13H9Cl2N5.ClH/c14-11-5-1-4-10(12(11)15)13-17-18-19-20(13)8-9-3-2-6-16-7-9;/h1-7H,8H2;1H. The zero-order chi connectivity index (χ0) is 13.9. The van der Waals surface area contributed by atoms with Crippen LogP contribution in [0.3, 0.4) is 0 Å². The van der Waals surface area contributed by atoms with Gasteiger partial charge in [0.25, 0.3) is 0 Å². The van der Waals surface area contributed by atoms with Crippen LogP contribution in [0.2, 0.25) is 10.0 Å². The molecule has 108 valence electrons. The summed E-state index contributed by atoms with van der Waals surface area (Å²) in [5.41, 5.74) is 1.70. The van der Waals surface area contributed by atoms with E-state index in [9.17, 15) is 0 Å². The van der Waals surface area contributed by atoms with E-state index >= 15 is 0 Å². The van der Waals surface area contributed by atoms with Crippen LogP contribution in [0.4, 0.5) is 0 Å². The highest BCUT2D eigenvalue weighted by molar-refractivity contribution is 6.43. The van der Waals surface area contributed by atoms with Gasteiger partial charge in [-0.3, -0.25) is 4.98 Å². The average molecular weight is 343 g/mol. The fraction of sp³-hybridized carbons (Fsp3) is 0.0769. The van der Waals surface area contributed by atoms with Crippen molar-refractivity contribution in [2.45, 2.75) is 6.54 Å². The van der Waals surface area contributed by atoms with Crippen molar-refractivity contribution < 1.29 is 0 Å². The number of halogens is 3. The Labute approximate surface area is 137 Å². The lowest BCUT2D eigenvalue weighted by atomic mass is 10.2. The van der Waals surface area contributed by atoms with Gasteiger partial charge in [0.05, 0.1) is 16.6 Å². The second-order valence-electron chi connectivity index (χ2n) is 4.12. The van der Waals surface area contributed by atoms with E-state index in [2.05, 4.69) is 20.5 Å². The summed E-state index contributed by atoms with van der Waals surface area (Å²) in [5, 5.41) is 12.6. The number of nitrogens with zero attached hydrogens (tertiary/aromatic N) is 5. The highest BCUT2D eigenvalue weighted by atomic mass is 35.5. The third-order valence-electron chi connectivity index (χ3n) is 2.78. The molecule has 1 aromatic carbocycles. The molecule has 0 aliphatic heterocycles. The normalized spacial score (nSPS) is 10.2. The molecule has 0 spiro atoms. The zero-order valence-corrected chi connectivity index (χ0v) is 13.0. The maximum absolute atomic E-state index is 6.21. The van der Waals surface area contributed by atoms with Gasteiger partial charge in [0, 0.05) is 18.0 Å². The first-order chi connectivity index (χ1) is 9.75. The third kappa shape index (κ3) is 3.32. The third-order valence-corrected chi connectivity index (χ3v) is 3.60. The van der Waals surface area contributed by atoms with Crippen LogP contribution in [-0.4, -0.2) is 25.2 Å². The molecule has 2 heterocycles. The number of hydrogen-bond acceptors (Lipinski definition) is 4. The molecular weight excluding hydrogens is 333 g/mol. The number of benzene rings is 1. The molecule has 0 N–H and O–H groups in total. The van der Waals surface area contributed by atoms with Crippen molar-refractivity contribution in [2.24, 2.45) is 0 Å². The Morgan fingerprint density at radius 3 is 2.71 bits per heavy atom. The van der Waals surface area contributed by atoms with E-state index in [1.165, 1.54) is 0 Å². The molecule has 2 aromatic heterocycles. The molecule has 0 bridgehead atoms. The molecule has 3 aromatic rings. The lowest BCUT2D eigenvalue weighted by Crippen LogP contribution is -2.05. The Bertz CT molecular complexity index is 730. The SMILES string of the molecule is Cl.Clc1cccc(-c2nnnn2Cc2cccnc2)c1Cl. The highest BCUT2D eigenvalue weighted by Crippen LogP contribution is 2.32. The molecule has 0 saturated carbocycles. The molecule has 3 rings (SSSR count). The van der Waals surface area contributed by atoms with E-state index in [1.807, 2.05) is 24.3 Å². The summed E-state index contributed by atoms with van der Waals surface area (Å²) in [6, 6.07) is 9.19. The summed E-state index contributed by atoms with van der Waals surface area (Å²) in [5.74, 6) is 0.571. The number of rotatable bonds is 3. The number of pyridine rings is 1. The van der Waals surface area contributed by atoms with Crippen LogP contribution in [0.1, 0.15) is 5.56 Å². The quantitative estimate of drug-likeness (QED) is 0.731. The topological polar surface area (TPSA) is 56.5 Å². The summed E-state index contributed by atoms with van der Waals surface area (Å²) in [6.45, 7) is 0.513. The molecule has 5 nitrogen and oxygen atoms in total. The summed E-state index contributed by atoms with van der Waals surface area (Å²) < 4.78 is 1.66. The number of aromatic nitrogens is 5. The summed E-state index contributed by atoms with van der Waals surface area (Å²) in [7, 11) is 0. The van der Waals surface area contributed by atoms with Gasteiger partial charge < -0.3 is 0 Å². The molecule has 0 atom stereocenters. The molecule has 0 aliphatic carbocycles. The summed E-state index contributed by atoms with van der Waals surface area (Å²) >= 11 is 12.2. The first-order valence-corrected chi connectivity index (χ1v) is 6.61. The molecule has 0 amide bonds. The summed E-state index contributed by atoms with van der Waals surface area (Å²) in [6.07, 6.45) is 3.49. The second-order valence-corrected chi connectivity index (χ2v) is 4.91. The highest BCUT2D eigenvalue weighted by Gasteiger charge is 2.14. The Morgan fingerprint density at radius 1 is 1.10 bits per heavy atom. The van der Waals surface area contributed by atoms with Gasteiger partial charge >= 0.3 is 0 Å². The first-order valence-electron chi connectivity index (χ1n) is 5.85. The van der Waals surface area contributed by atoms with Crippen LogP contribution < -0.4 is 0 Å². The van der Waals surface area contributed by atoms with Crippen LogP contribution in [-0.2, 0) is 6.54 Å². The van der Waals surface area contributed by atoms with Crippen LogP contribution in [0.5, 0.6) is 0 Å². The monoisotopic (exact) mass is 341 g/mol. The molecule has 0 radical (unpaired) electrons. The van der Waals surface area contributed by atoms with Gasteiger partial charge in [-0.05, 0) is 34.2 Å². The Kier molecular flexibility index (Phi) is 5.12. The van der Waals surface area contributed by atoms with Crippen molar-refractivity contribution in [3.63, 3.8) is 0 Å². The molecule has 21 heavy (non-hydrogen) atoms. The average Bonchev–Trinajstić information content (AvgIpc) is 2.91. The lowest BCUT2D eigenvalue weighted by Gasteiger charge is -2.06. The van der Waals surface area contributed by atoms with Crippen molar-refractivity contribution in [2.75, 3.05) is 0 Å². The smallest absolute Gasteiger partial charge is 0.183 e. The van der Waals surface area contributed by atoms with E-state index in [-0.39, 0.29) is 12.4 Å². The minimum absolute atomic E-state index is 0. The van der Waals surface area contributed by atoms with Crippen molar-refractivity contribution in [1.82, 2.24) is 25.2 Å². The minimum Gasteiger partial charge on any atom is -0.264 e. The predicted molar refractivity (Wildman–Crippen MR) is 83.9 cm³/mol. The van der Waals surface area contributed by atoms with Crippen molar-refractivity contribution in [3.05, 3.63) is 58.3 Å². The van der Waals surface area contributed by atoms with Gasteiger partial charge in [0.2, 0.25) is 0 Å². The molecule has 0 fully saturated rings. The van der Waals surface area contributed by atoms with Crippen LogP contribution in [0.25, 0.3) is 11.4 Å². The fourth-order valence-electron chi connectivity index (χ4n) is 1.85. The van der Waals surface area contributed by atoms with Crippen LogP contribution in [0.15, 0.2) is 42.7 Å². The molecule has 0 saturated heterocycles. The fourth-order valence-corrected chi connectivity index (χ4v) is 2.23. The molecule has 0 unspecified atom stereocenters. The maximum atomic E-state index is 6.21. The Morgan fingerprint density at radius 2 is 1.95 bits per heavy atom. The van der Waals surface area contributed by atoms with E-state index < -0.39 is 0 Å². The van der Waals surface area contributed by atoms with E-state index in [0.717, 1.165) is 5.56 Å². The maximum Gasteiger partial charge on any atom is 0.183 e. The second kappa shape index (κ2) is 6.85. The van der Waals surface area contributed by atoms with Crippen molar-refractivity contribution in [1.29, 1.82) is 0 Å². The summed E-state index contributed by atoms with van der Waals surface area (Å²) in [4.78, 5) is 4.07. The number of hydrogen-bond donors (Lipinski definition) is 0. The molecular formula is C13H10Cl3N5. The van der Waals surface area contributed by atoms with E-state index in [0.29, 0.717) is 28.0 Å². The van der Waals surface area contributed by atoms with Gasteiger partial charge in [-0.15, -0.1) is 17.5 Å². The Balaban J connectivity index is 0.00000161. The number of tetrazole rings is 1. The lowest BCUT2D eigenvalue weighted by molar-refractivity contribution is 0.652.